The van der Waals surface area contributed by atoms with E-state index in [1.807, 2.05) is 25.7 Å². The Hall–Kier alpha value is -0.813. The molecule has 0 heterocycles. The van der Waals surface area contributed by atoms with Crippen LogP contribution in [0.4, 0.5) is 4.79 Å². The van der Waals surface area contributed by atoms with Gasteiger partial charge in [0.25, 0.3) is 0 Å². The molecule has 0 fully saturated rings. The van der Waals surface area contributed by atoms with Crippen molar-refractivity contribution in [2.45, 2.75) is 39.4 Å². The molecule has 0 atom stereocenters. The second-order valence-electron chi connectivity index (χ2n) is 3.90. The molecule has 1 N–H and O–H groups in total. The minimum Gasteiger partial charge on any atom is -0.296 e. The maximum absolute atomic E-state index is 11.0. The van der Waals surface area contributed by atoms with Crippen molar-refractivity contribution in [1.82, 2.24) is 5.32 Å². The Morgan fingerprint density at radius 1 is 1.43 bits per heavy atom. The van der Waals surface area contributed by atoms with Crippen LogP contribution in [-0.4, -0.2) is 14.4 Å². The first-order chi connectivity index (χ1) is 6.45. The zero-order chi connectivity index (χ0) is 11.0. The van der Waals surface area contributed by atoms with Crippen LogP contribution in [0.25, 0.3) is 0 Å². The monoisotopic (exact) mass is 217 g/mol. The van der Waals surface area contributed by atoms with Gasteiger partial charge in [0.2, 0.25) is 8.32 Å². The molecule has 0 aromatic carbocycles. The molecule has 0 bridgehead atoms. The van der Waals surface area contributed by atoms with E-state index >= 15 is 0 Å². The highest BCUT2D eigenvalue weighted by Gasteiger charge is 2.18. The van der Waals surface area contributed by atoms with E-state index in [0.29, 0.717) is 0 Å². The van der Waals surface area contributed by atoms with Crippen LogP contribution < -0.4 is 5.32 Å². The Labute approximate surface area is 86.3 Å². The van der Waals surface area contributed by atoms with Gasteiger partial charge in [-0.15, -0.1) is 0 Å². The zero-order valence-corrected chi connectivity index (χ0v) is 10.3. The van der Waals surface area contributed by atoms with Gasteiger partial charge in [-0.2, -0.15) is 0 Å². The molecule has 0 radical (unpaired) electrons. The van der Waals surface area contributed by atoms with E-state index in [2.05, 4.69) is 17.1 Å². The predicted molar refractivity (Wildman–Crippen MR) is 58.1 cm³/mol. The number of carbonyl (C=O) groups is 1. The summed E-state index contributed by atoms with van der Waals surface area (Å²) in [5, 5.41) is 2.45. The number of amides is 1. The van der Waals surface area contributed by atoms with Gasteiger partial charge in [0.15, 0.2) is 0 Å². The molecule has 4 nitrogen and oxygen atoms in total. The van der Waals surface area contributed by atoms with Crippen LogP contribution >= 0.6 is 0 Å². The van der Waals surface area contributed by atoms with Crippen molar-refractivity contribution in [2.24, 2.45) is 0 Å². The van der Waals surface area contributed by atoms with Crippen LogP contribution in [0.1, 0.15) is 19.8 Å². The van der Waals surface area contributed by atoms with E-state index in [-0.39, 0.29) is 0 Å². The summed E-state index contributed by atoms with van der Waals surface area (Å²) in [5.41, 5.74) is 0. The summed E-state index contributed by atoms with van der Waals surface area (Å²) in [6.07, 6.45) is 4.86. The van der Waals surface area contributed by atoms with Gasteiger partial charge >= 0.3 is 6.09 Å². The molecular weight excluding hydrogens is 198 g/mol. The first-order valence-corrected chi connectivity index (χ1v) is 8.17. The van der Waals surface area contributed by atoms with Gasteiger partial charge in [0.1, 0.15) is 0 Å². The summed E-state index contributed by atoms with van der Waals surface area (Å²) in [6, 6.07) is 0. The number of hydrogen-bond donors (Lipinski definition) is 1. The number of nitrogens with one attached hydrogen (secondary N) is 1. The van der Waals surface area contributed by atoms with Gasteiger partial charge in [-0.3, -0.25) is 10.2 Å². The van der Waals surface area contributed by atoms with Crippen molar-refractivity contribution in [2.75, 3.05) is 0 Å². The van der Waals surface area contributed by atoms with E-state index in [0.717, 1.165) is 12.8 Å². The van der Waals surface area contributed by atoms with E-state index in [4.69, 9.17) is 4.58 Å². The summed E-state index contributed by atoms with van der Waals surface area (Å²) in [6.45, 7) is 7.88. The molecular formula is C9H19NO3Si. The Bertz CT molecular complexity index is 199. The van der Waals surface area contributed by atoms with E-state index in [1.165, 1.54) is 0 Å². The van der Waals surface area contributed by atoms with Crippen LogP contribution in [0.3, 0.4) is 0 Å². The van der Waals surface area contributed by atoms with Gasteiger partial charge in [-0.25, -0.2) is 9.37 Å². The molecule has 0 aliphatic carbocycles. The standard InChI is InChI=1S/C9H19NO3Si/c1-5-6-7-8-10-9(11)12-13-14(2,3)4/h7-8H,5-6H2,1-4H3,(H,10,11). The smallest absolute Gasteiger partial charge is 0.296 e. The minimum absolute atomic E-state index is 0.570. The molecule has 0 aliphatic rings. The quantitative estimate of drug-likeness (QED) is 0.437. The van der Waals surface area contributed by atoms with Gasteiger partial charge in [-0.1, -0.05) is 19.4 Å². The van der Waals surface area contributed by atoms with Crippen molar-refractivity contribution in [1.29, 1.82) is 0 Å². The average molecular weight is 217 g/mol. The summed E-state index contributed by atoms with van der Waals surface area (Å²) in [7, 11) is -1.78. The lowest BCUT2D eigenvalue weighted by Crippen LogP contribution is -2.30. The molecule has 1 amide bonds. The molecule has 0 aromatic heterocycles. The minimum atomic E-state index is -1.78. The zero-order valence-electron chi connectivity index (χ0n) is 9.29. The number of allylic oxidation sites excluding steroid dienone is 1. The summed E-state index contributed by atoms with van der Waals surface area (Å²) >= 11 is 0. The Balaban J connectivity index is 3.56. The first kappa shape index (κ1) is 13.2. The number of rotatable bonds is 5. The van der Waals surface area contributed by atoms with Crippen LogP contribution in [0, 0.1) is 0 Å². The van der Waals surface area contributed by atoms with Crippen molar-refractivity contribution in [3.63, 3.8) is 0 Å². The van der Waals surface area contributed by atoms with Gasteiger partial charge < -0.3 is 0 Å². The largest absolute Gasteiger partial charge is 0.441 e. The second kappa shape index (κ2) is 6.61. The van der Waals surface area contributed by atoms with E-state index in [9.17, 15) is 4.79 Å². The van der Waals surface area contributed by atoms with Gasteiger partial charge in [-0.05, 0) is 26.1 Å². The average Bonchev–Trinajstić information content (AvgIpc) is 2.08. The lowest BCUT2D eigenvalue weighted by Gasteiger charge is -2.13. The van der Waals surface area contributed by atoms with Gasteiger partial charge in [0.05, 0.1) is 0 Å². The number of unbranched alkanes of at least 4 members (excludes halogenated alkanes) is 1. The third-order valence-electron chi connectivity index (χ3n) is 1.14. The van der Waals surface area contributed by atoms with Crippen LogP contribution in [-0.2, 0) is 9.46 Å². The Morgan fingerprint density at radius 3 is 2.57 bits per heavy atom. The molecule has 5 heteroatoms. The lowest BCUT2D eigenvalue weighted by molar-refractivity contribution is -0.152. The summed E-state index contributed by atoms with van der Waals surface area (Å²) < 4.78 is 4.94. The Morgan fingerprint density at radius 2 is 2.07 bits per heavy atom. The molecule has 0 spiro atoms. The van der Waals surface area contributed by atoms with Crippen LogP contribution in [0.15, 0.2) is 12.3 Å². The molecule has 0 aliphatic heterocycles. The second-order valence-corrected chi connectivity index (χ2v) is 8.29. The number of carbonyl (C=O) groups excluding carboxylic acids is 1. The van der Waals surface area contributed by atoms with E-state index in [1.54, 1.807) is 6.20 Å². The van der Waals surface area contributed by atoms with Crippen LogP contribution in [0.5, 0.6) is 0 Å². The fourth-order valence-electron chi connectivity index (χ4n) is 0.564. The molecule has 82 valence electrons. The molecule has 0 saturated heterocycles. The summed E-state index contributed by atoms with van der Waals surface area (Å²) in [5.74, 6) is 0. The first-order valence-electron chi connectivity index (χ1n) is 4.77. The van der Waals surface area contributed by atoms with Crippen LogP contribution in [0.2, 0.25) is 19.6 Å². The highest BCUT2D eigenvalue weighted by Crippen LogP contribution is 2.02. The number of hydrogen-bond acceptors (Lipinski definition) is 3. The van der Waals surface area contributed by atoms with Gasteiger partial charge in [0, 0.05) is 6.20 Å². The Kier molecular flexibility index (Phi) is 6.23. The lowest BCUT2D eigenvalue weighted by atomic mass is 10.3. The molecule has 14 heavy (non-hydrogen) atoms. The molecule has 0 unspecified atom stereocenters. The van der Waals surface area contributed by atoms with E-state index < -0.39 is 14.4 Å². The maximum atomic E-state index is 11.0. The third-order valence-corrected chi connectivity index (χ3v) is 1.73. The van der Waals surface area contributed by atoms with Crippen molar-refractivity contribution in [3.05, 3.63) is 12.3 Å². The summed E-state index contributed by atoms with van der Waals surface area (Å²) in [4.78, 5) is 15.5. The molecule has 0 saturated carbocycles. The van der Waals surface area contributed by atoms with Crippen molar-refractivity contribution in [3.8, 4) is 0 Å². The van der Waals surface area contributed by atoms with Crippen molar-refractivity contribution >= 4 is 14.4 Å². The van der Waals surface area contributed by atoms with Crippen molar-refractivity contribution < 1.29 is 14.3 Å². The topological polar surface area (TPSA) is 47.6 Å². The fourth-order valence-corrected chi connectivity index (χ4v) is 0.890. The SMILES string of the molecule is CCCC=CNC(=O)OO[Si](C)(C)C. The maximum Gasteiger partial charge on any atom is 0.441 e. The molecule has 0 aromatic rings. The highest BCUT2D eigenvalue weighted by atomic mass is 28.4. The predicted octanol–water partition coefficient (Wildman–Crippen LogP) is 2.79. The normalized spacial score (nSPS) is 11.7. The third kappa shape index (κ3) is 9.28. The highest BCUT2D eigenvalue weighted by molar-refractivity contribution is 6.69. The fraction of sp³-hybridized carbons (Fsp3) is 0.667. The molecule has 0 rings (SSSR count).